The van der Waals surface area contributed by atoms with E-state index in [-0.39, 0.29) is 10.7 Å². The van der Waals surface area contributed by atoms with Gasteiger partial charge in [-0.1, -0.05) is 18.2 Å². The lowest BCUT2D eigenvalue weighted by Gasteiger charge is -2.14. The first-order valence-corrected chi connectivity index (χ1v) is 13.8. The minimum absolute atomic E-state index is 0.119. The van der Waals surface area contributed by atoms with Crippen molar-refractivity contribution in [2.24, 2.45) is 0 Å². The van der Waals surface area contributed by atoms with Crippen molar-refractivity contribution in [3.63, 3.8) is 0 Å². The number of ether oxygens (including phenoxy) is 1. The first-order valence-electron chi connectivity index (χ1n) is 11.9. The highest BCUT2D eigenvalue weighted by Gasteiger charge is 2.35. The summed E-state index contributed by atoms with van der Waals surface area (Å²) in [5.41, 5.74) is 1.95. The number of imidazole rings is 1. The summed E-state index contributed by atoms with van der Waals surface area (Å²) in [7, 11) is -1.98. The predicted molar refractivity (Wildman–Crippen MR) is 142 cm³/mol. The number of oxazole rings is 1. The van der Waals surface area contributed by atoms with E-state index in [0.29, 0.717) is 51.2 Å². The Morgan fingerprint density at radius 2 is 1.68 bits per heavy atom. The second-order valence-electron chi connectivity index (χ2n) is 9.07. The van der Waals surface area contributed by atoms with Crippen LogP contribution in [0.4, 0.5) is 13.2 Å². The Morgan fingerprint density at radius 3 is 2.30 bits per heavy atom. The summed E-state index contributed by atoms with van der Waals surface area (Å²) in [5, 5.41) is 0. The van der Waals surface area contributed by atoms with E-state index >= 15 is 0 Å². The van der Waals surface area contributed by atoms with Gasteiger partial charge in [0.05, 0.1) is 17.7 Å². The highest BCUT2D eigenvalue weighted by Crippen LogP contribution is 2.39. The van der Waals surface area contributed by atoms with E-state index in [1.54, 1.807) is 61.7 Å². The van der Waals surface area contributed by atoms with E-state index in [2.05, 4.69) is 15.0 Å². The molecule has 12 heteroatoms. The fraction of sp³-hybridized carbons (Fsp3) is 0.179. The molecular weight excluding hydrogens is 545 g/mol. The Balaban J connectivity index is 1.76. The average Bonchev–Trinajstić information content (AvgIpc) is 3.50. The molecule has 0 saturated carbocycles. The maximum absolute atomic E-state index is 13.5. The van der Waals surface area contributed by atoms with Gasteiger partial charge < -0.3 is 13.7 Å². The number of aromatic nitrogens is 4. The first kappa shape index (κ1) is 27.1. The molecule has 0 fully saturated rings. The van der Waals surface area contributed by atoms with Crippen LogP contribution in [-0.4, -0.2) is 41.3 Å². The molecule has 3 heterocycles. The number of aryl methyl sites for hydroxylation is 2. The number of pyridine rings is 1. The van der Waals surface area contributed by atoms with Crippen molar-refractivity contribution in [2.75, 3.05) is 13.4 Å². The van der Waals surface area contributed by atoms with E-state index in [1.807, 2.05) is 0 Å². The van der Waals surface area contributed by atoms with Crippen molar-refractivity contribution < 1.29 is 30.7 Å². The van der Waals surface area contributed by atoms with Gasteiger partial charge in [0.1, 0.15) is 11.5 Å². The molecule has 0 saturated heterocycles. The van der Waals surface area contributed by atoms with Gasteiger partial charge in [-0.05, 0) is 48.4 Å². The third kappa shape index (κ3) is 5.22. The van der Waals surface area contributed by atoms with E-state index in [4.69, 9.17) is 9.15 Å². The topological polar surface area (TPSA) is 100 Å². The monoisotopic (exact) mass is 568 g/mol. The van der Waals surface area contributed by atoms with E-state index in [9.17, 15) is 21.6 Å². The van der Waals surface area contributed by atoms with Crippen molar-refractivity contribution in [3.05, 3.63) is 84.4 Å². The normalized spacial score (nSPS) is 12.1. The van der Waals surface area contributed by atoms with Crippen molar-refractivity contribution in [2.45, 2.75) is 24.9 Å². The van der Waals surface area contributed by atoms with Crippen molar-refractivity contribution in [3.8, 4) is 45.3 Å². The molecule has 0 unspecified atom stereocenters. The summed E-state index contributed by atoms with van der Waals surface area (Å²) in [6.45, 7) is 3.14. The molecule has 5 aromatic rings. The SMILES string of the molecule is COc1ccc(-c2oc(C)nc2-c2cc(-c3cccc(S(C)(=O)=O)c3)ccc2-n2cc(C(F)(F)F)nc2C)cn1. The van der Waals surface area contributed by atoms with Crippen LogP contribution in [0, 0.1) is 13.8 Å². The number of halogens is 3. The van der Waals surface area contributed by atoms with Crippen LogP contribution in [-0.2, 0) is 16.0 Å². The first-order chi connectivity index (χ1) is 18.8. The molecule has 0 bridgehead atoms. The Kier molecular flexibility index (Phi) is 6.74. The largest absolute Gasteiger partial charge is 0.481 e. The van der Waals surface area contributed by atoms with Crippen molar-refractivity contribution in [1.82, 2.24) is 19.5 Å². The molecule has 5 rings (SSSR count). The Hall–Kier alpha value is -4.45. The number of sulfone groups is 1. The highest BCUT2D eigenvalue weighted by molar-refractivity contribution is 7.90. The number of rotatable bonds is 6. The van der Waals surface area contributed by atoms with Gasteiger partial charge >= 0.3 is 6.18 Å². The van der Waals surface area contributed by atoms with E-state index < -0.39 is 21.7 Å². The van der Waals surface area contributed by atoms with Crippen LogP contribution in [0.5, 0.6) is 5.88 Å². The zero-order valence-electron chi connectivity index (χ0n) is 21.8. The second kappa shape index (κ2) is 9.94. The quantitative estimate of drug-likeness (QED) is 0.237. The van der Waals surface area contributed by atoms with Crippen LogP contribution in [0.2, 0.25) is 0 Å². The van der Waals surface area contributed by atoms with Gasteiger partial charge in [0.25, 0.3) is 0 Å². The Morgan fingerprint density at radius 1 is 0.950 bits per heavy atom. The number of hydrogen-bond donors (Lipinski definition) is 0. The average molecular weight is 569 g/mol. The molecule has 0 spiro atoms. The van der Waals surface area contributed by atoms with Crippen LogP contribution in [0.3, 0.4) is 0 Å². The van der Waals surface area contributed by atoms with Crippen molar-refractivity contribution >= 4 is 9.84 Å². The Labute approximate surface area is 228 Å². The van der Waals surface area contributed by atoms with Gasteiger partial charge in [-0.25, -0.2) is 23.4 Å². The Bertz CT molecular complexity index is 1830. The highest BCUT2D eigenvalue weighted by atomic mass is 32.2. The minimum atomic E-state index is -4.63. The van der Waals surface area contributed by atoms with Gasteiger partial charge in [0, 0.05) is 42.8 Å². The fourth-order valence-corrected chi connectivity index (χ4v) is 4.98. The molecular formula is C28H23F3N4O4S. The zero-order chi connectivity index (χ0) is 28.8. The molecule has 0 N–H and O–H groups in total. The predicted octanol–water partition coefficient (Wildman–Crippen LogP) is 6.30. The lowest BCUT2D eigenvalue weighted by Crippen LogP contribution is -2.05. The molecule has 0 aliphatic carbocycles. The van der Waals surface area contributed by atoms with Crippen LogP contribution < -0.4 is 4.74 Å². The van der Waals surface area contributed by atoms with Gasteiger partial charge in [-0.15, -0.1) is 0 Å². The number of hydrogen-bond acceptors (Lipinski definition) is 7. The molecule has 40 heavy (non-hydrogen) atoms. The van der Waals surface area contributed by atoms with Gasteiger partial charge in [-0.3, -0.25) is 0 Å². The van der Waals surface area contributed by atoms with E-state index in [0.717, 1.165) is 12.5 Å². The third-order valence-corrected chi connectivity index (χ3v) is 7.33. The maximum Gasteiger partial charge on any atom is 0.434 e. The molecule has 8 nitrogen and oxygen atoms in total. The number of benzene rings is 2. The summed E-state index contributed by atoms with van der Waals surface area (Å²) in [6.07, 6.45) is -1.04. The molecule has 0 amide bonds. The maximum atomic E-state index is 13.5. The fourth-order valence-electron chi connectivity index (χ4n) is 4.32. The van der Waals surface area contributed by atoms with Crippen LogP contribution in [0.15, 0.2) is 76.3 Å². The van der Waals surface area contributed by atoms with Gasteiger partial charge in [0.15, 0.2) is 27.2 Å². The lowest BCUT2D eigenvalue weighted by molar-refractivity contribution is -0.141. The minimum Gasteiger partial charge on any atom is -0.481 e. The van der Waals surface area contributed by atoms with Crippen LogP contribution in [0.25, 0.3) is 39.4 Å². The zero-order valence-corrected chi connectivity index (χ0v) is 22.6. The molecule has 206 valence electrons. The standard InChI is InChI=1S/C28H23F3N4O4S/c1-16-33-24(28(29,30)31)15-35(16)23-10-8-19(18-6-5-7-21(12-18)40(4,36)37)13-22(23)26-27(39-17(2)34-26)20-9-11-25(38-3)32-14-20/h5-15H,1-4H3. The summed E-state index contributed by atoms with van der Waals surface area (Å²) in [4.78, 5) is 12.7. The molecule has 0 aliphatic heterocycles. The number of nitrogens with zero attached hydrogens (tertiary/aromatic N) is 4. The molecule has 0 aliphatic rings. The smallest absolute Gasteiger partial charge is 0.434 e. The third-order valence-electron chi connectivity index (χ3n) is 6.22. The molecule has 0 radical (unpaired) electrons. The summed E-state index contributed by atoms with van der Waals surface area (Å²) >= 11 is 0. The summed E-state index contributed by atoms with van der Waals surface area (Å²) in [5.74, 6) is 1.19. The van der Waals surface area contributed by atoms with Crippen molar-refractivity contribution in [1.29, 1.82) is 0 Å². The number of alkyl halides is 3. The second-order valence-corrected chi connectivity index (χ2v) is 11.1. The van der Waals surface area contributed by atoms with Crippen LogP contribution >= 0.6 is 0 Å². The van der Waals surface area contributed by atoms with Gasteiger partial charge in [-0.2, -0.15) is 13.2 Å². The number of methoxy groups -OCH3 is 1. The summed E-state index contributed by atoms with van der Waals surface area (Å²) in [6, 6.07) is 14.9. The van der Waals surface area contributed by atoms with Crippen LogP contribution in [0.1, 0.15) is 17.4 Å². The summed E-state index contributed by atoms with van der Waals surface area (Å²) < 4.78 is 77.3. The lowest BCUT2D eigenvalue weighted by atomic mass is 9.98. The van der Waals surface area contributed by atoms with Gasteiger partial charge in [0.2, 0.25) is 5.88 Å². The van der Waals surface area contributed by atoms with E-state index in [1.165, 1.54) is 24.7 Å². The molecule has 0 atom stereocenters. The molecule has 3 aromatic heterocycles. The molecule has 2 aromatic carbocycles.